The van der Waals surface area contributed by atoms with Crippen LogP contribution in [0.5, 0.6) is 0 Å². The molecule has 0 aliphatic carbocycles. The molecule has 3 heteroatoms. The predicted octanol–water partition coefficient (Wildman–Crippen LogP) is 3.88. The van der Waals surface area contributed by atoms with E-state index in [0.717, 1.165) is 26.2 Å². The highest BCUT2D eigenvalue weighted by Crippen LogP contribution is 2.12. The lowest BCUT2D eigenvalue weighted by Gasteiger charge is -2.18. The predicted molar refractivity (Wildman–Crippen MR) is 76.8 cm³/mol. The molecule has 1 aliphatic rings. The van der Waals surface area contributed by atoms with Crippen LogP contribution in [0.3, 0.4) is 0 Å². The first-order chi connectivity index (χ1) is 8.79. The molecule has 0 atom stereocenters. The van der Waals surface area contributed by atoms with Crippen LogP contribution in [-0.4, -0.2) is 42.0 Å². The highest BCUT2D eigenvalue weighted by Gasteiger charge is 2.26. The summed E-state index contributed by atoms with van der Waals surface area (Å²) in [4.78, 5) is 16.2. The van der Waals surface area contributed by atoms with Gasteiger partial charge in [0.2, 0.25) is 0 Å². The van der Waals surface area contributed by atoms with E-state index in [-0.39, 0.29) is 6.03 Å². The van der Waals surface area contributed by atoms with E-state index in [0.29, 0.717) is 0 Å². The van der Waals surface area contributed by atoms with Gasteiger partial charge in [0.1, 0.15) is 0 Å². The molecule has 0 radical (unpaired) electrons. The first-order valence-electron chi connectivity index (χ1n) is 7.83. The second kappa shape index (κ2) is 9.23. The normalized spacial score (nSPS) is 15.8. The maximum absolute atomic E-state index is 12.1. The summed E-state index contributed by atoms with van der Waals surface area (Å²) >= 11 is 0. The number of nitrogens with zero attached hydrogens (tertiary/aromatic N) is 2. The van der Waals surface area contributed by atoms with Crippen LogP contribution < -0.4 is 0 Å². The average Bonchev–Trinajstić information content (AvgIpc) is 2.72. The molecule has 0 bridgehead atoms. The third-order valence-corrected chi connectivity index (χ3v) is 3.74. The molecule has 0 N–H and O–H groups in total. The van der Waals surface area contributed by atoms with Crippen molar-refractivity contribution in [1.82, 2.24) is 9.80 Å². The van der Waals surface area contributed by atoms with Crippen LogP contribution in [0.4, 0.5) is 4.79 Å². The van der Waals surface area contributed by atoms with Crippen molar-refractivity contribution in [3.05, 3.63) is 0 Å². The summed E-state index contributed by atoms with van der Waals surface area (Å²) < 4.78 is 0. The molecular weight excluding hydrogens is 224 g/mol. The Morgan fingerprint density at radius 1 is 0.778 bits per heavy atom. The van der Waals surface area contributed by atoms with E-state index in [9.17, 15) is 4.79 Å². The van der Waals surface area contributed by atoms with Crippen molar-refractivity contribution in [1.29, 1.82) is 0 Å². The van der Waals surface area contributed by atoms with Crippen molar-refractivity contribution >= 4 is 6.03 Å². The van der Waals surface area contributed by atoms with Crippen molar-refractivity contribution in [2.24, 2.45) is 0 Å². The van der Waals surface area contributed by atoms with E-state index in [2.05, 4.69) is 13.8 Å². The minimum Gasteiger partial charge on any atom is -0.323 e. The molecule has 0 spiro atoms. The van der Waals surface area contributed by atoms with Crippen LogP contribution >= 0.6 is 0 Å². The summed E-state index contributed by atoms with van der Waals surface area (Å²) in [5.41, 5.74) is 0. The van der Waals surface area contributed by atoms with E-state index >= 15 is 0 Å². The zero-order chi connectivity index (χ0) is 13.2. The van der Waals surface area contributed by atoms with E-state index in [1.54, 1.807) is 0 Å². The molecule has 3 nitrogen and oxygen atoms in total. The molecule has 0 aromatic carbocycles. The number of urea groups is 1. The van der Waals surface area contributed by atoms with Gasteiger partial charge in [-0.25, -0.2) is 4.79 Å². The number of carbonyl (C=O) groups excluding carboxylic acids is 1. The highest BCUT2D eigenvalue weighted by atomic mass is 16.2. The molecule has 1 fully saturated rings. The van der Waals surface area contributed by atoms with E-state index in [4.69, 9.17) is 0 Å². The molecule has 1 rings (SSSR count). The lowest BCUT2D eigenvalue weighted by Crippen LogP contribution is -2.33. The Morgan fingerprint density at radius 2 is 1.22 bits per heavy atom. The second-order valence-electron chi connectivity index (χ2n) is 5.38. The summed E-state index contributed by atoms with van der Waals surface area (Å²) in [7, 11) is 0. The first kappa shape index (κ1) is 15.3. The summed E-state index contributed by atoms with van der Waals surface area (Å²) in [5.74, 6) is 0. The fraction of sp³-hybridized carbons (Fsp3) is 0.933. The van der Waals surface area contributed by atoms with Gasteiger partial charge in [0, 0.05) is 26.2 Å². The topological polar surface area (TPSA) is 23.6 Å². The van der Waals surface area contributed by atoms with Gasteiger partial charge in [0.25, 0.3) is 0 Å². The number of carbonyl (C=O) groups is 1. The minimum atomic E-state index is 0.281. The van der Waals surface area contributed by atoms with E-state index in [1.165, 1.54) is 51.4 Å². The maximum atomic E-state index is 12.1. The molecule has 1 aliphatic heterocycles. The van der Waals surface area contributed by atoms with Gasteiger partial charge in [-0.1, -0.05) is 52.4 Å². The first-order valence-corrected chi connectivity index (χ1v) is 7.83. The summed E-state index contributed by atoms with van der Waals surface area (Å²) in [6.45, 7) is 8.25. The average molecular weight is 254 g/mol. The van der Waals surface area contributed by atoms with Crippen molar-refractivity contribution in [3.63, 3.8) is 0 Å². The SMILES string of the molecule is CCCCCCN1CCN(CCCCCC)C1=O. The quantitative estimate of drug-likeness (QED) is 0.543. The molecule has 0 aromatic heterocycles. The molecule has 0 unspecified atom stereocenters. The van der Waals surface area contributed by atoms with Gasteiger partial charge in [-0.2, -0.15) is 0 Å². The Kier molecular flexibility index (Phi) is 7.86. The third-order valence-electron chi connectivity index (χ3n) is 3.74. The van der Waals surface area contributed by atoms with Crippen molar-refractivity contribution in [2.75, 3.05) is 26.2 Å². The lowest BCUT2D eigenvalue weighted by atomic mass is 10.2. The Morgan fingerprint density at radius 3 is 1.61 bits per heavy atom. The third kappa shape index (κ3) is 5.28. The zero-order valence-electron chi connectivity index (χ0n) is 12.3. The molecule has 106 valence electrons. The number of hydrogen-bond acceptors (Lipinski definition) is 1. The standard InChI is InChI=1S/C15H30N2O/c1-3-5-7-9-11-16-13-14-17(15(16)18)12-10-8-6-4-2/h3-14H2,1-2H3. The number of amides is 2. The van der Waals surface area contributed by atoms with Crippen LogP contribution in [0.1, 0.15) is 65.2 Å². The molecule has 18 heavy (non-hydrogen) atoms. The molecule has 1 saturated heterocycles. The second-order valence-corrected chi connectivity index (χ2v) is 5.38. The molecular formula is C15H30N2O. The smallest absolute Gasteiger partial charge is 0.320 e. The lowest BCUT2D eigenvalue weighted by molar-refractivity contribution is 0.190. The van der Waals surface area contributed by atoms with Gasteiger partial charge in [-0.3, -0.25) is 0 Å². The van der Waals surface area contributed by atoms with Gasteiger partial charge in [-0.05, 0) is 12.8 Å². The summed E-state index contributed by atoms with van der Waals surface area (Å²) in [6, 6.07) is 0.281. The van der Waals surface area contributed by atoms with Gasteiger partial charge in [0.05, 0.1) is 0 Å². The van der Waals surface area contributed by atoms with E-state index in [1.807, 2.05) is 9.80 Å². The van der Waals surface area contributed by atoms with Gasteiger partial charge in [-0.15, -0.1) is 0 Å². The van der Waals surface area contributed by atoms with Crippen LogP contribution in [0.2, 0.25) is 0 Å². The van der Waals surface area contributed by atoms with Crippen LogP contribution in [0.25, 0.3) is 0 Å². The molecule has 2 amide bonds. The largest absolute Gasteiger partial charge is 0.323 e. The minimum absolute atomic E-state index is 0.281. The highest BCUT2D eigenvalue weighted by molar-refractivity contribution is 5.76. The van der Waals surface area contributed by atoms with E-state index < -0.39 is 0 Å². The summed E-state index contributed by atoms with van der Waals surface area (Å²) in [6.07, 6.45) is 9.97. The monoisotopic (exact) mass is 254 g/mol. The Labute approximate surface area is 113 Å². The Balaban J connectivity index is 2.12. The number of hydrogen-bond donors (Lipinski definition) is 0. The molecule has 1 heterocycles. The van der Waals surface area contributed by atoms with Crippen LogP contribution in [0, 0.1) is 0 Å². The van der Waals surface area contributed by atoms with Crippen molar-refractivity contribution in [3.8, 4) is 0 Å². The Hall–Kier alpha value is -0.730. The fourth-order valence-electron chi connectivity index (χ4n) is 2.51. The van der Waals surface area contributed by atoms with Crippen LogP contribution in [0.15, 0.2) is 0 Å². The van der Waals surface area contributed by atoms with Gasteiger partial charge >= 0.3 is 6.03 Å². The molecule has 0 saturated carbocycles. The summed E-state index contributed by atoms with van der Waals surface area (Å²) in [5, 5.41) is 0. The van der Waals surface area contributed by atoms with Crippen molar-refractivity contribution < 1.29 is 4.79 Å². The van der Waals surface area contributed by atoms with Gasteiger partial charge in [0.15, 0.2) is 0 Å². The Bertz CT molecular complexity index is 209. The van der Waals surface area contributed by atoms with Crippen molar-refractivity contribution in [2.45, 2.75) is 65.2 Å². The zero-order valence-corrected chi connectivity index (χ0v) is 12.3. The fourth-order valence-corrected chi connectivity index (χ4v) is 2.51. The number of rotatable bonds is 10. The maximum Gasteiger partial charge on any atom is 0.320 e. The van der Waals surface area contributed by atoms with Crippen LogP contribution in [-0.2, 0) is 0 Å². The molecule has 0 aromatic rings. The number of unbranched alkanes of at least 4 members (excludes halogenated alkanes) is 6. The van der Waals surface area contributed by atoms with Gasteiger partial charge < -0.3 is 9.80 Å².